The number of nitrogens with zero attached hydrogens (tertiary/aromatic N) is 1. The van der Waals surface area contributed by atoms with E-state index >= 15 is 0 Å². The van der Waals surface area contributed by atoms with E-state index < -0.39 is 0 Å². The van der Waals surface area contributed by atoms with E-state index in [0.717, 1.165) is 43.4 Å². The Balaban J connectivity index is 1.61. The molecule has 0 aromatic heterocycles. The Morgan fingerprint density at radius 1 is 1.04 bits per heavy atom. The topological polar surface area (TPSA) is 49.4 Å². The van der Waals surface area contributed by atoms with Crippen LogP contribution in [0.15, 0.2) is 0 Å². The summed E-state index contributed by atoms with van der Waals surface area (Å²) < 4.78 is 0. The largest absolute Gasteiger partial charge is 0.353 e. The molecule has 0 unspecified atom stereocenters. The van der Waals surface area contributed by atoms with Crippen molar-refractivity contribution in [3.05, 3.63) is 0 Å². The van der Waals surface area contributed by atoms with Crippen molar-refractivity contribution >= 4 is 12.3 Å². The quantitative estimate of drug-likeness (QED) is 0.790. The molecule has 3 aliphatic carbocycles. The SMILES string of the molecule is CN(C=O)[C@H]1CC[C@H]2[C@@H]3CC[C@H]4NC(=O)CC[C@]4(C)[C@H]3CC[C@]12C. The van der Waals surface area contributed by atoms with Crippen LogP contribution >= 0.6 is 0 Å². The van der Waals surface area contributed by atoms with E-state index in [1.54, 1.807) is 0 Å². The summed E-state index contributed by atoms with van der Waals surface area (Å²) in [5, 5.41) is 3.30. The number of carbonyl (C=O) groups excluding carboxylic acids is 2. The minimum atomic E-state index is 0.255. The number of fused-ring (bicyclic) bond motifs is 5. The second-order valence-corrected chi connectivity index (χ2v) is 9.49. The van der Waals surface area contributed by atoms with Crippen LogP contribution in [-0.2, 0) is 9.59 Å². The zero-order valence-electron chi connectivity index (χ0n) is 15.4. The van der Waals surface area contributed by atoms with E-state index in [9.17, 15) is 9.59 Å². The number of hydrogen-bond acceptors (Lipinski definition) is 2. The summed E-state index contributed by atoms with van der Waals surface area (Å²) in [5.41, 5.74) is 0.574. The molecule has 4 aliphatic rings. The molecule has 2 amide bonds. The third-order valence-electron chi connectivity index (χ3n) is 8.70. The molecular formula is C20H32N2O2. The van der Waals surface area contributed by atoms with Gasteiger partial charge in [0, 0.05) is 25.6 Å². The predicted octanol–water partition coefficient (Wildman–Crippen LogP) is 2.96. The lowest BCUT2D eigenvalue weighted by atomic mass is 9.47. The molecule has 3 saturated carbocycles. The molecule has 4 heteroatoms. The summed E-state index contributed by atoms with van der Waals surface area (Å²) >= 11 is 0. The zero-order valence-corrected chi connectivity index (χ0v) is 15.4. The zero-order chi connectivity index (χ0) is 17.1. The molecule has 0 bridgehead atoms. The van der Waals surface area contributed by atoms with Gasteiger partial charge in [0.2, 0.25) is 12.3 Å². The molecule has 4 nitrogen and oxygen atoms in total. The Kier molecular flexibility index (Phi) is 3.74. The summed E-state index contributed by atoms with van der Waals surface area (Å²) in [6.07, 6.45) is 10.1. The highest BCUT2D eigenvalue weighted by atomic mass is 16.1. The van der Waals surface area contributed by atoms with E-state index in [2.05, 4.69) is 19.2 Å². The average molecular weight is 332 g/mol. The number of piperidine rings is 1. The van der Waals surface area contributed by atoms with E-state index in [1.165, 1.54) is 25.7 Å². The predicted molar refractivity (Wildman–Crippen MR) is 93.2 cm³/mol. The highest BCUT2D eigenvalue weighted by molar-refractivity contribution is 5.77. The van der Waals surface area contributed by atoms with Crippen LogP contribution in [0.3, 0.4) is 0 Å². The molecule has 7 atom stereocenters. The lowest BCUT2D eigenvalue weighted by molar-refractivity contribution is -0.138. The molecule has 0 aromatic rings. The van der Waals surface area contributed by atoms with E-state index in [4.69, 9.17) is 0 Å². The van der Waals surface area contributed by atoms with E-state index in [1.807, 2.05) is 11.9 Å². The van der Waals surface area contributed by atoms with Crippen molar-refractivity contribution in [2.45, 2.75) is 77.3 Å². The van der Waals surface area contributed by atoms with Gasteiger partial charge >= 0.3 is 0 Å². The van der Waals surface area contributed by atoms with Gasteiger partial charge < -0.3 is 10.2 Å². The Labute approximate surface area is 145 Å². The molecule has 4 rings (SSSR count). The summed E-state index contributed by atoms with van der Waals surface area (Å²) in [4.78, 5) is 25.1. The first-order valence-corrected chi connectivity index (χ1v) is 9.87. The minimum Gasteiger partial charge on any atom is -0.353 e. The number of hydrogen-bond donors (Lipinski definition) is 1. The van der Waals surface area contributed by atoms with Gasteiger partial charge in [-0.3, -0.25) is 9.59 Å². The monoisotopic (exact) mass is 332 g/mol. The number of amides is 2. The molecule has 134 valence electrons. The van der Waals surface area contributed by atoms with Gasteiger partial charge in [0.05, 0.1) is 0 Å². The summed E-state index contributed by atoms with van der Waals surface area (Å²) in [5.74, 6) is 2.53. The molecule has 24 heavy (non-hydrogen) atoms. The maximum atomic E-state index is 11.9. The van der Waals surface area contributed by atoms with Gasteiger partial charge in [-0.25, -0.2) is 0 Å². The molecule has 0 spiro atoms. The normalized spacial score (nSPS) is 50.3. The summed E-state index contributed by atoms with van der Waals surface area (Å²) in [7, 11) is 1.96. The molecule has 0 radical (unpaired) electrons. The van der Waals surface area contributed by atoms with Crippen LogP contribution in [0.1, 0.15) is 65.2 Å². The highest BCUT2D eigenvalue weighted by Crippen LogP contribution is 2.64. The van der Waals surface area contributed by atoms with Gasteiger partial charge in [-0.2, -0.15) is 0 Å². The van der Waals surface area contributed by atoms with Crippen molar-refractivity contribution in [3.63, 3.8) is 0 Å². The van der Waals surface area contributed by atoms with Crippen molar-refractivity contribution in [2.75, 3.05) is 7.05 Å². The first kappa shape index (κ1) is 16.4. The third-order valence-corrected chi connectivity index (χ3v) is 8.70. The van der Waals surface area contributed by atoms with Gasteiger partial charge in [0.25, 0.3) is 0 Å². The van der Waals surface area contributed by atoms with Gasteiger partial charge in [0.15, 0.2) is 0 Å². The Bertz CT molecular complexity index is 550. The molecular weight excluding hydrogens is 300 g/mol. The van der Waals surface area contributed by atoms with Crippen molar-refractivity contribution in [2.24, 2.45) is 28.6 Å². The fourth-order valence-corrected chi connectivity index (χ4v) is 7.42. The second-order valence-electron chi connectivity index (χ2n) is 9.49. The van der Waals surface area contributed by atoms with Crippen LogP contribution in [0.4, 0.5) is 0 Å². The van der Waals surface area contributed by atoms with Crippen LogP contribution in [0.5, 0.6) is 0 Å². The minimum absolute atomic E-state index is 0.255. The fraction of sp³-hybridized carbons (Fsp3) is 0.900. The second kappa shape index (κ2) is 5.47. The first-order valence-electron chi connectivity index (χ1n) is 9.87. The van der Waals surface area contributed by atoms with Gasteiger partial charge in [-0.15, -0.1) is 0 Å². The van der Waals surface area contributed by atoms with E-state index in [-0.39, 0.29) is 16.7 Å². The summed E-state index contributed by atoms with van der Waals surface area (Å²) in [6.45, 7) is 4.89. The van der Waals surface area contributed by atoms with Crippen LogP contribution in [0.2, 0.25) is 0 Å². The Morgan fingerprint density at radius 2 is 1.79 bits per heavy atom. The van der Waals surface area contributed by atoms with Crippen molar-refractivity contribution in [1.82, 2.24) is 10.2 Å². The van der Waals surface area contributed by atoms with Gasteiger partial charge in [0.1, 0.15) is 0 Å². The Morgan fingerprint density at radius 3 is 2.54 bits per heavy atom. The molecule has 0 aromatic carbocycles. The van der Waals surface area contributed by atoms with Crippen molar-refractivity contribution in [3.8, 4) is 0 Å². The van der Waals surface area contributed by atoms with Gasteiger partial charge in [-0.1, -0.05) is 13.8 Å². The smallest absolute Gasteiger partial charge is 0.220 e. The standard InChI is InChI=1S/C20H32N2O2/c1-19-11-9-18(24)21-16(19)6-4-13-14-5-7-17(22(3)12-23)20(14,2)10-8-15(13)19/h12-17H,4-11H2,1-3H3,(H,21,24)/t13-,14-,15-,16+,17-,19+,20-/m0/s1. The van der Waals surface area contributed by atoms with Crippen molar-refractivity contribution < 1.29 is 9.59 Å². The van der Waals surface area contributed by atoms with Crippen LogP contribution in [0.25, 0.3) is 0 Å². The fourth-order valence-electron chi connectivity index (χ4n) is 7.42. The van der Waals surface area contributed by atoms with E-state index in [0.29, 0.717) is 18.5 Å². The maximum Gasteiger partial charge on any atom is 0.220 e. The van der Waals surface area contributed by atoms with Crippen LogP contribution in [0, 0.1) is 28.6 Å². The molecule has 1 aliphatic heterocycles. The number of carbonyl (C=O) groups is 2. The molecule has 4 fully saturated rings. The van der Waals surface area contributed by atoms with Crippen LogP contribution < -0.4 is 5.32 Å². The van der Waals surface area contributed by atoms with Crippen molar-refractivity contribution in [1.29, 1.82) is 0 Å². The average Bonchev–Trinajstić information content (AvgIpc) is 2.92. The number of rotatable bonds is 2. The first-order chi connectivity index (χ1) is 11.4. The molecule has 1 heterocycles. The number of nitrogens with one attached hydrogen (secondary N) is 1. The third kappa shape index (κ3) is 2.10. The highest BCUT2D eigenvalue weighted by Gasteiger charge is 2.60. The molecule has 1 saturated heterocycles. The Hall–Kier alpha value is -1.06. The molecule has 1 N–H and O–H groups in total. The maximum absolute atomic E-state index is 11.9. The lowest BCUT2D eigenvalue weighted by Crippen LogP contribution is -2.61. The summed E-state index contributed by atoms with van der Waals surface area (Å²) in [6, 6.07) is 0.803. The van der Waals surface area contributed by atoms with Gasteiger partial charge in [-0.05, 0) is 73.5 Å². The lowest BCUT2D eigenvalue weighted by Gasteiger charge is -2.60. The van der Waals surface area contributed by atoms with Crippen LogP contribution in [-0.4, -0.2) is 36.3 Å².